The summed E-state index contributed by atoms with van der Waals surface area (Å²) < 4.78 is 17.9. The molecule has 0 spiro atoms. The second-order valence-corrected chi connectivity index (χ2v) is 8.39. The van der Waals surface area contributed by atoms with Gasteiger partial charge < -0.3 is 25.7 Å². The maximum absolute atomic E-state index is 11.9. The van der Waals surface area contributed by atoms with E-state index in [0.717, 1.165) is 6.42 Å². The Labute approximate surface area is 160 Å². The smallest absolute Gasteiger partial charge is 0.501 e. The zero-order valence-electron chi connectivity index (χ0n) is 16.7. The van der Waals surface area contributed by atoms with Crippen LogP contribution in [-0.2, 0) is 22.9 Å². The van der Waals surface area contributed by atoms with Gasteiger partial charge in [0.05, 0.1) is 0 Å². The van der Waals surface area contributed by atoms with Gasteiger partial charge in [-0.15, -0.1) is 4.65 Å². The molecule has 0 aliphatic rings. The number of hydroxylamine groups is 3. The predicted molar refractivity (Wildman–Crippen MR) is 97.2 cm³/mol. The van der Waals surface area contributed by atoms with E-state index in [4.69, 9.17) is 18.1 Å². The van der Waals surface area contributed by atoms with Crippen LogP contribution in [0.2, 0.25) is 6.04 Å². The van der Waals surface area contributed by atoms with Crippen LogP contribution < -0.4 is 12.4 Å². The first-order valence-electron chi connectivity index (χ1n) is 9.01. The second kappa shape index (κ2) is 13.7. The van der Waals surface area contributed by atoms with Crippen LogP contribution in [0.15, 0.2) is 12.2 Å². The first-order valence-corrected chi connectivity index (χ1v) is 10.9. The first-order chi connectivity index (χ1) is 11.3. The van der Waals surface area contributed by atoms with Crippen LogP contribution in [0.5, 0.6) is 0 Å². The molecule has 0 atom stereocenters. The SMILES string of the molecule is C=C(C)C(=O)O[N+](CC)(CC)CCC[Si](OCC)(OCC)OCC.[Cl-]. The fraction of sp³-hybridized carbons (Fsp3) is 0.824. The highest BCUT2D eigenvalue weighted by atomic mass is 35.5. The van der Waals surface area contributed by atoms with E-state index in [1.54, 1.807) is 6.92 Å². The predicted octanol–water partition coefficient (Wildman–Crippen LogP) is 0.320. The molecule has 8 heteroatoms. The first kappa shape index (κ1) is 26.8. The molecule has 0 heterocycles. The Balaban J connectivity index is 0. The molecule has 0 rings (SSSR count). The molecule has 150 valence electrons. The Morgan fingerprint density at radius 1 is 0.960 bits per heavy atom. The Kier molecular flexibility index (Phi) is 14.7. The lowest BCUT2D eigenvalue weighted by Crippen LogP contribution is -3.00. The summed E-state index contributed by atoms with van der Waals surface area (Å²) in [5.74, 6) is -0.346. The second-order valence-electron chi connectivity index (χ2n) is 5.66. The van der Waals surface area contributed by atoms with Crippen LogP contribution in [0.25, 0.3) is 0 Å². The number of carbonyl (C=O) groups is 1. The van der Waals surface area contributed by atoms with E-state index in [-0.39, 0.29) is 23.0 Å². The van der Waals surface area contributed by atoms with Gasteiger partial charge in [-0.05, 0) is 41.5 Å². The highest BCUT2D eigenvalue weighted by Crippen LogP contribution is 2.21. The van der Waals surface area contributed by atoms with Gasteiger partial charge in [0, 0.05) is 37.9 Å². The van der Waals surface area contributed by atoms with Gasteiger partial charge in [-0.3, -0.25) is 4.84 Å². The minimum absolute atomic E-state index is 0. The third-order valence-electron chi connectivity index (χ3n) is 3.92. The third kappa shape index (κ3) is 9.17. The van der Waals surface area contributed by atoms with E-state index in [1.165, 1.54) is 0 Å². The van der Waals surface area contributed by atoms with Crippen molar-refractivity contribution in [3.8, 4) is 0 Å². The van der Waals surface area contributed by atoms with Crippen molar-refractivity contribution in [2.45, 2.75) is 54.0 Å². The molecule has 0 aliphatic heterocycles. The van der Waals surface area contributed by atoms with Crippen LogP contribution in [0.3, 0.4) is 0 Å². The molecule has 0 N–H and O–H groups in total. The van der Waals surface area contributed by atoms with Gasteiger partial charge in [0.2, 0.25) is 0 Å². The number of hydrogen-bond acceptors (Lipinski definition) is 5. The fourth-order valence-electron chi connectivity index (χ4n) is 2.55. The van der Waals surface area contributed by atoms with Crippen LogP contribution in [0, 0.1) is 0 Å². The number of halogens is 1. The molecule has 0 unspecified atom stereocenters. The van der Waals surface area contributed by atoms with E-state index >= 15 is 0 Å². The van der Waals surface area contributed by atoms with Gasteiger partial charge in [-0.25, -0.2) is 4.79 Å². The van der Waals surface area contributed by atoms with Crippen molar-refractivity contribution in [1.29, 1.82) is 0 Å². The summed E-state index contributed by atoms with van der Waals surface area (Å²) in [5, 5.41) is 0. The normalized spacial score (nSPS) is 11.8. The molecule has 0 saturated carbocycles. The van der Waals surface area contributed by atoms with Crippen LogP contribution in [0.1, 0.15) is 48.0 Å². The van der Waals surface area contributed by atoms with Crippen molar-refractivity contribution in [2.75, 3.05) is 39.5 Å². The monoisotopic (exact) mass is 397 g/mol. The Morgan fingerprint density at radius 2 is 1.40 bits per heavy atom. The standard InChI is InChI=1S/C17H36NO5Si.ClH/c1-8-18(9-2,23-17(19)16(6)7)14-13-15-24(20-10-3,21-11-4)22-12-5;/h6,8-15H2,1-5,7H3;1H/q+1;/p-1. The Hall–Kier alpha value is -0.443. The number of rotatable bonds is 14. The summed E-state index contributed by atoms with van der Waals surface area (Å²) >= 11 is 0. The number of nitrogens with zero attached hydrogens (tertiary/aromatic N) is 1. The highest BCUT2D eigenvalue weighted by molar-refractivity contribution is 6.60. The highest BCUT2D eigenvalue weighted by Gasteiger charge is 2.41. The van der Waals surface area contributed by atoms with Crippen LogP contribution >= 0.6 is 0 Å². The van der Waals surface area contributed by atoms with Gasteiger partial charge in [0.1, 0.15) is 19.6 Å². The molecule has 0 bridgehead atoms. The van der Waals surface area contributed by atoms with Crippen molar-refractivity contribution >= 4 is 14.8 Å². The summed E-state index contributed by atoms with van der Waals surface area (Å²) in [6.45, 7) is 19.1. The zero-order chi connectivity index (χ0) is 18.6. The number of quaternary nitrogens is 1. The summed E-state index contributed by atoms with van der Waals surface area (Å²) in [7, 11) is -2.65. The van der Waals surface area contributed by atoms with E-state index in [2.05, 4.69) is 6.58 Å². The molecule has 0 saturated heterocycles. The fourth-order valence-corrected chi connectivity index (χ4v) is 5.15. The Morgan fingerprint density at radius 3 is 1.72 bits per heavy atom. The summed E-state index contributed by atoms with van der Waals surface area (Å²) in [6, 6.07) is 0.715. The molecule has 25 heavy (non-hydrogen) atoms. The molecule has 0 aliphatic carbocycles. The lowest BCUT2D eigenvalue weighted by molar-refractivity contribution is -1.09. The number of hydrogen-bond donors (Lipinski definition) is 0. The summed E-state index contributed by atoms with van der Waals surface area (Å²) in [6.07, 6.45) is 0.803. The van der Waals surface area contributed by atoms with Crippen LogP contribution in [0.4, 0.5) is 0 Å². The molecule has 0 amide bonds. The van der Waals surface area contributed by atoms with Gasteiger partial charge in [0.15, 0.2) is 0 Å². The average molecular weight is 398 g/mol. The van der Waals surface area contributed by atoms with Crippen LogP contribution in [-0.4, -0.2) is 58.9 Å². The lowest BCUT2D eigenvalue weighted by Gasteiger charge is -2.34. The molecular formula is C17H36ClNO5Si. The molecule has 0 fully saturated rings. The number of carbonyl (C=O) groups excluding carboxylic acids is 1. The molecule has 0 aromatic carbocycles. The van der Waals surface area contributed by atoms with E-state index in [1.807, 2.05) is 34.6 Å². The maximum atomic E-state index is 11.9. The quantitative estimate of drug-likeness (QED) is 0.183. The molecule has 0 aromatic heterocycles. The topological polar surface area (TPSA) is 54.0 Å². The molecule has 6 nitrogen and oxygen atoms in total. The van der Waals surface area contributed by atoms with Gasteiger partial charge in [0.25, 0.3) is 0 Å². The van der Waals surface area contributed by atoms with Crippen molar-refractivity contribution in [1.82, 2.24) is 0 Å². The third-order valence-corrected chi connectivity index (χ3v) is 7.07. The molecule has 0 radical (unpaired) electrons. The molecular weight excluding hydrogens is 362 g/mol. The maximum Gasteiger partial charge on any atom is 0.501 e. The molecule has 0 aromatic rings. The minimum atomic E-state index is -2.65. The van der Waals surface area contributed by atoms with Crippen molar-refractivity contribution in [3.05, 3.63) is 12.2 Å². The van der Waals surface area contributed by atoms with E-state index in [0.29, 0.717) is 51.1 Å². The van der Waals surface area contributed by atoms with Gasteiger partial charge in [-0.2, -0.15) is 0 Å². The van der Waals surface area contributed by atoms with E-state index < -0.39 is 8.80 Å². The van der Waals surface area contributed by atoms with Crippen molar-refractivity contribution in [3.63, 3.8) is 0 Å². The summed E-state index contributed by atoms with van der Waals surface area (Å²) in [4.78, 5) is 17.6. The van der Waals surface area contributed by atoms with Crippen molar-refractivity contribution in [2.24, 2.45) is 0 Å². The van der Waals surface area contributed by atoms with Gasteiger partial charge in [-0.1, -0.05) is 6.58 Å². The average Bonchev–Trinajstić information content (AvgIpc) is 2.54. The minimum Gasteiger partial charge on any atom is -1.00 e. The van der Waals surface area contributed by atoms with Crippen molar-refractivity contribution < 1.29 is 40.0 Å². The lowest BCUT2D eigenvalue weighted by atomic mass is 10.3. The zero-order valence-corrected chi connectivity index (χ0v) is 18.5. The van der Waals surface area contributed by atoms with Gasteiger partial charge >= 0.3 is 14.8 Å². The largest absolute Gasteiger partial charge is 1.00 e. The Bertz CT molecular complexity index is 374. The summed E-state index contributed by atoms with van der Waals surface area (Å²) in [5.41, 5.74) is 0.418. The van der Waals surface area contributed by atoms with E-state index in [9.17, 15) is 4.79 Å².